The monoisotopic (exact) mass is 433 g/mol. The highest BCUT2D eigenvalue weighted by molar-refractivity contribution is 7.80. The Morgan fingerprint density at radius 1 is 1.16 bits per heavy atom. The van der Waals surface area contributed by atoms with Crippen molar-refractivity contribution in [2.24, 2.45) is 7.05 Å². The summed E-state index contributed by atoms with van der Waals surface area (Å²) in [5, 5.41) is 7.13. The van der Waals surface area contributed by atoms with Gasteiger partial charge in [-0.3, -0.25) is 9.78 Å². The van der Waals surface area contributed by atoms with Gasteiger partial charge < -0.3 is 20.1 Å². The van der Waals surface area contributed by atoms with Gasteiger partial charge in [0.15, 0.2) is 5.11 Å². The maximum Gasteiger partial charge on any atom is 0.226 e. The van der Waals surface area contributed by atoms with Crippen molar-refractivity contribution in [2.45, 2.75) is 31.8 Å². The van der Waals surface area contributed by atoms with Crippen LogP contribution in [0.1, 0.15) is 42.4 Å². The lowest BCUT2D eigenvalue weighted by Gasteiger charge is -2.28. The van der Waals surface area contributed by atoms with Gasteiger partial charge in [0, 0.05) is 43.8 Å². The van der Waals surface area contributed by atoms with E-state index in [-0.39, 0.29) is 18.0 Å². The third kappa shape index (κ3) is 4.46. The standard InChI is InChI=1S/C24H27N5OS/c1-3-17-9-4-5-10-18(17)26-21(30)13-16-29-23(20-12-8-15-28(20)2)22(27-24(29)31)19-11-6-7-14-25-19/h4-12,14-15,22-23H,3,13,16H2,1-2H3,(H,26,30)(H,27,31)/t22-,23-/m1/s1. The zero-order valence-corrected chi connectivity index (χ0v) is 18.6. The molecule has 0 radical (unpaired) electrons. The summed E-state index contributed by atoms with van der Waals surface area (Å²) >= 11 is 5.68. The largest absolute Gasteiger partial charge is 0.353 e. The second-order valence-corrected chi connectivity index (χ2v) is 8.06. The van der Waals surface area contributed by atoms with Crippen LogP contribution in [-0.4, -0.2) is 32.0 Å². The fourth-order valence-electron chi connectivity index (χ4n) is 4.13. The number of amides is 1. The molecule has 1 aliphatic rings. The van der Waals surface area contributed by atoms with Crippen molar-refractivity contribution in [1.82, 2.24) is 19.8 Å². The molecule has 1 fully saturated rings. The van der Waals surface area contributed by atoms with E-state index in [0.29, 0.717) is 18.1 Å². The normalized spacial score (nSPS) is 18.1. The summed E-state index contributed by atoms with van der Waals surface area (Å²) in [6.45, 7) is 2.60. The molecule has 0 aliphatic carbocycles. The molecule has 7 heteroatoms. The first-order valence-electron chi connectivity index (χ1n) is 10.6. The summed E-state index contributed by atoms with van der Waals surface area (Å²) < 4.78 is 2.10. The first kappa shape index (κ1) is 21.1. The van der Waals surface area contributed by atoms with E-state index >= 15 is 0 Å². The van der Waals surface area contributed by atoms with Gasteiger partial charge in [0.05, 0.1) is 17.8 Å². The highest BCUT2D eigenvalue weighted by atomic mass is 32.1. The van der Waals surface area contributed by atoms with Crippen molar-refractivity contribution >= 4 is 28.9 Å². The van der Waals surface area contributed by atoms with Crippen LogP contribution in [0, 0.1) is 0 Å². The molecule has 3 heterocycles. The third-order valence-electron chi connectivity index (χ3n) is 5.74. The van der Waals surface area contributed by atoms with Crippen molar-refractivity contribution < 1.29 is 4.79 Å². The third-order valence-corrected chi connectivity index (χ3v) is 6.09. The molecular weight excluding hydrogens is 406 g/mol. The predicted molar refractivity (Wildman–Crippen MR) is 127 cm³/mol. The first-order chi connectivity index (χ1) is 15.1. The number of carbonyl (C=O) groups excluding carboxylic acids is 1. The molecule has 0 bridgehead atoms. The van der Waals surface area contributed by atoms with Gasteiger partial charge in [0.25, 0.3) is 0 Å². The van der Waals surface area contributed by atoms with Gasteiger partial charge in [-0.05, 0) is 54.5 Å². The number of anilines is 1. The molecule has 31 heavy (non-hydrogen) atoms. The van der Waals surface area contributed by atoms with E-state index < -0.39 is 0 Å². The zero-order valence-electron chi connectivity index (χ0n) is 17.8. The number of thiocarbonyl (C=S) groups is 1. The van der Waals surface area contributed by atoms with Crippen molar-refractivity contribution in [3.63, 3.8) is 0 Å². The highest BCUT2D eigenvalue weighted by Gasteiger charge is 2.40. The Bertz CT molecular complexity index is 1060. The molecule has 1 aromatic carbocycles. The quantitative estimate of drug-likeness (QED) is 0.552. The van der Waals surface area contributed by atoms with E-state index in [1.807, 2.05) is 61.8 Å². The number of carbonyl (C=O) groups is 1. The second kappa shape index (κ2) is 9.31. The molecule has 0 spiro atoms. The summed E-state index contributed by atoms with van der Waals surface area (Å²) in [5.41, 5.74) is 4.06. The summed E-state index contributed by atoms with van der Waals surface area (Å²) in [4.78, 5) is 19.4. The van der Waals surface area contributed by atoms with Gasteiger partial charge in [0.2, 0.25) is 5.91 Å². The number of hydrogen-bond donors (Lipinski definition) is 2. The number of pyridine rings is 1. The summed E-state index contributed by atoms with van der Waals surface area (Å²) in [5.74, 6) is -0.0179. The van der Waals surface area contributed by atoms with Crippen LogP contribution < -0.4 is 10.6 Å². The SMILES string of the molecule is CCc1ccccc1NC(=O)CCN1C(=S)N[C@H](c2ccccn2)[C@H]1c1cccn1C. The van der Waals surface area contributed by atoms with Crippen LogP contribution in [-0.2, 0) is 18.3 Å². The Labute approximate surface area is 188 Å². The Morgan fingerprint density at radius 3 is 2.68 bits per heavy atom. The van der Waals surface area contributed by atoms with E-state index in [4.69, 9.17) is 12.2 Å². The number of benzene rings is 1. The minimum absolute atomic E-state index is 0.0179. The van der Waals surface area contributed by atoms with Crippen LogP contribution in [0.5, 0.6) is 0 Å². The van der Waals surface area contributed by atoms with E-state index in [0.717, 1.165) is 29.1 Å². The molecule has 0 saturated carbocycles. The lowest BCUT2D eigenvalue weighted by Crippen LogP contribution is -2.33. The van der Waals surface area contributed by atoms with Crippen LogP contribution in [0.2, 0.25) is 0 Å². The van der Waals surface area contributed by atoms with Gasteiger partial charge in [-0.1, -0.05) is 31.2 Å². The molecule has 2 N–H and O–H groups in total. The summed E-state index contributed by atoms with van der Waals surface area (Å²) in [7, 11) is 2.03. The Kier molecular flexibility index (Phi) is 6.32. The van der Waals surface area contributed by atoms with Crippen LogP contribution in [0.3, 0.4) is 0 Å². The van der Waals surface area contributed by atoms with Gasteiger partial charge in [-0.15, -0.1) is 0 Å². The topological polar surface area (TPSA) is 62.2 Å². The number of nitrogens with zero attached hydrogens (tertiary/aromatic N) is 3. The molecule has 0 unspecified atom stereocenters. The zero-order chi connectivity index (χ0) is 21.8. The van der Waals surface area contributed by atoms with Crippen LogP contribution >= 0.6 is 12.2 Å². The van der Waals surface area contributed by atoms with Crippen molar-refractivity contribution in [3.05, 3.63) is 83.9 Å². The number of aryl methyl sites for hydroxylation is 2. The fourth-order valence-corrected chi connectivity index (χ4v) is 4.47. The second-order valence-electron chi connectivity index (χ2n) is 7.67. The van der Waals surface area contributed by atoms with Crippen molar-refractivity contribution in [3.8, 4) is 0 Å². The number of rotatable bonds is 7. The molecule has 2 aromatic heterocycles. The summed E-state index contributed by atoms with van der Waals surface area (Å²) in [6, 6.07) is 17.8. The molecule has 1 saturated heterocycles. The van der Waals surface area contributed by atoms with Crippen LogP contribution in [0.15, 0.2) is 67.0 Å². The van der Waals surface area contributed by atoms with E-state index in [1.54, 1.807) is 6.20 Å². The molecule has 1 amide bonds. The van der Waals surface area contributed by atoms with Crippen LogP contribution in [0.4, 0.5) is 5.69 Å². The average Bonchev–Trinajstić information content (AvgIpc) is 3.35. The lowest BCUT2D eigenvalue weighted by molar-refractivity contribution is -0.116. The van der Waals surface area contributed by atoms with Crippen molar-refractivity contribution in [1.29, 1.82) is 0 Å². The maximum absolute atomic E-state index is 12.7. The smallest absolute Gasteiger partial charge is 0.226 e. The minimum Gasteiger partial charge on any atom is -0.353 e. The molecular formula is C24H27N5OS. The highest BCUT2D eigenvalue weighted by Crippen LogP contribution is 2.38. The average molecular weight is 434 g/mol. The maximum atomic E-state index is 12.7. The van der Waals surface area contributed by atoms with Gasteiger partial charge in [-0.25, -0.2) is 0 Å². The Balaban J connectivity index is 1.53. The van der Waals surface area contributed by atoms with E-state index in [1.165, 1.54) is 0 Å². The number of nitrogens with one attached hydrogen (secondary N) is 2. The summed E-state index contributed by atoms with van der Waals surface area (Å²) in [6.07, 6.45) is 5.04. The molecule has 6 nitrogen and oxygen atoms in total. The predicted octanol–water partition coefficient (Wildman–Crippen LogP) is 3.98. The van der Waals surface area contributed by atoms with E-state index in [2.05, 4.69) is 38.1 Å². The molecule has 160 valence electrons. The number of aromatic nitrogens is 2. The minimum atomic E-state index is -0.0776. The van der Waals surface area contributed by atoms with E-state index in [9.17, 15) is 4.79 Å². The van der Waals surface area contributed by atoms with Crippen molar-refractivity contribution in [2.75, 3.05) is 11.9 Å². The first-order valence-corrected chi connectivity index (χ1v) is 11.0. The Hall–Kier alpha value is -3.19. The number of hydrogen-bond acceptors (Lipinski definition) is 3. The van der Waals surface area contributed by atoms with Gasteiger partial charge >= 0.3 is 0 Å². The lowest BCUT2D eigenvalue weighted by atomic mass is 10.0. The molecule has 3 aromatic rings. The Morgan fingerprint density at radius 2 is 1.97 bits per heavy atom. The molecule has 1 aliphatic heterocycles. The molecule has 2 atom stereocenters. The van der Waals surface area contributed by atoms with Crippen LogP contribution in [0.25, 0.3) is 0 Å². The molecule has 4 rings (SSSR count). The fraction of sp³-hybridized carbons (Fsp3) is 0.292. The van der Waals surface area contributed by atoms with Gasteiger partial charge in [-0.2, -0.15) is 0 Å². The van der Waals surface area contributed by atoms with Gasteiger partial charge in [0.1, 0.15) is 0 Å². The number of para-hydroxylation sites is 1.